The number of carbonyl (C=O) groups is 1. The van der Waals surface area contributed by atoms with Gasteiger partial charge in [0.2, 0.25) is 0 Å². The molecule has 0 spiro atoms. The molecule has 0 saturated carbocycles. The van der Waals surface area contributed by atoms with Gasteiger partial charge in [-0.1, -0.05) is 79.7 Å². The van der Waals surface area contributed by atoms with Gasteiger partial charge in [0.15, 0.2) is 6.29 Å². The summed E-state index contributed by atoms with van der Waals surface area (Å²) in [6.07, 6.45) is 0.939. The van der Waals surface area contributed by atoms with E-state index in [9.17, 15) is 9.90 Å². The maximum Gasteiger partial charge on any atom is 0.319 e. The Bertz CT molecular complexity index is 1350. The molecule has 7 nitrogen and oxygen atoms in total. The first kappa shape index (κ1) is 27.9. The predicted octanol–water partition coefficient (Wildman–Crippen LogP) is 6.48. The smallest absolute Gasteiger partial charge is 0.319 e. The van der Waals surface area contributed by atoms with Crippen molar-refractivity contribution >= 4 is 23.5 Å². The Morgan fingerprint density at radius 2 is 1.60 bits per heavy atom. The number of pyridine rings is 1. The topological polar surface area (TPSA) is 92.7 Å². The van der Waals surface area contributed by atoms with Crippen LogP contribution in [-0.2, 0) is 22.6 Å². The Morgan fingerprint density at radius 3 is 2.30 bits per heavy atom. The summed E-state index contributed by atoms with van der Waals surface area (Å²) in [6, 6.07) is 30.8. The van der Waals surface area contributed by atoms with Crippen LogP contribution in [0.15, 0.2) is 108 Å². The van der Waals surface area contributed by atoms with Crippen molar-refractivity contribution < 1.29 is 19.4 Å². The Labute approximate surface area is 239 Å². The van der Waals surface area contributed by atoms with Crippen LogP contribution in [0, 0.1) is 5.92 Å². The lowest BCUT2D eigenvalue weighted by molar-refractivity contribution is -0.268. The summed E-state index contributed by atoms with van der Waals surface area (Å²) in [5.41, 5.74) is 4.48. The third-order valence-corrected chi connectivity index (χ3v) is 7.93. The van der Waals surface area contributed by atoms with Gasteiger partial charge in [0.25, 0.3) is 0 Å². The summed E-state index contributed by atoms with van der Waals surface area (Å²) >= 11 is 1.66. The molecule has 1 aliphatic rings. The normalized spacial score (nSPS) is 20.6. The predicted molar refractivity (Wildman–Crippen MR) is 157 cm³/mol. The Morgan fingerprint density at radius 1 is 0.875 bits per heavy atom. The van der Waals surface area contributed by atoms with E-state index in [0.29, 0.717) is 12.2 Å². The van der Waals surface area contributed by atoms with Crippen molar-refractivity contribution in [1.29, 1.82) is 0 Å². The number of benzene rings is 3. The van der Waals surface area contributed by atoms with Crippen LogP contribution in [0.5, 0.6) is 0 Å². The van der Waals surface area contributed by atoms with E-state index in [1.807, 2.05) is 97.1 Å². The van der Waals surface area contributed by atoms with E-state index in [-0.39, 0.29) is 30.8 Å². The van der Waals surface area contributed by atoms with E-state index in [2.05, 4.69) is 22.5 Å². The van der Waals surface area contributed by atoms with Gasteiger partial charge in [0.1, 0.15) is 0 Å². The molecule has 4 atom stereocenters. The fourth-order valence-electron chi connectivity index (χ4n) is 4.59. The molecule has 5 rings (SSSR count). The van der Waals surface area contributed by atoms with Crippen molar-refractivity contribution in [3.8, 4) is 0 Å². The first-order chi connectivity index (χ1) is 19.6. The monoisotopic (exact) mass is 555 g/mol. The van der Waals surface area contributed by atoms with Gasteiger partial charge in [-0.3, -0.25) is 0 Å². The third-order valence-electron chi connectivity index (χ3n) is 6.89. The molecule has 1 aliphatic heterocycles. The molecule has 3 N–H and O–H groups in total. The van der Waals surface area contributed by atoms with Gasteiger partial charge in [-0.05, 0) is 41.0 Å². The van der Waals surface area contributed by atoms with Crippen LogP contribution >= 0.6 is 11.8 Å². The van der Waals surface area contributed by atoms with Crippen molar-refractivity contribution in [3.63, 3.8) is 0 Å². The Hall–Kier alpha value is -3.69. The molecule has 0 bridgehead atoms. The number of urea groups is 1. The van der Waals surface area contributed by atoms with Crippen molar-refractivity contribution in [2.24, 2.45) is 5.92 Å². The van der Waals surface area contributed by atoms with Gasteiger partial charge < -0.3 is 25.2 Å². The molecule has 206 valence electrons. The number of rotatable bonds is 9. The van der Waals surface area contributed by atoms with Gasteiger partial charge in [0, 0.05) is 35.7 Å². The van der Waals surface area contributed by atoms with E-state index < -0.39 is 6.29 Å². The standard InChI is InChI=1S/C32H33N3O4S/c1-22-28(21-40-29-9-5-6-18-33-29)38-31(39-30(22)25-12-10-24(20-36)11-13-25)26-14-16-27(17-15-26)35-32(37)34-19-23-7-3-2-4-8-23/h2-18,22,28,30-31,36H,19-21H2,1H3,(H2,34,35,37). The van der Waals surface area contributed by atoms with Crippen LogP contribution in [-0.4, -0.2) is 28.0 Å². The molecule has 3 aromatic carbocycles. The summed E-state index contributed by atoms with van der Waals surface area (Å²) in [7, 11) is 0. The van der Waals surface area contributed by atoms with E-state index in [4.69, 9.17) is 9.47 Å². The lowest BCUT2D eigenvalue weighted by Gasteiger charge is -2.41. The highest BCUT2D eigenvalue weighted by atomic mass is 32.2. The van der Waals surface area contributed by atoms with Crippen LogP contribution in [0.4, 0.5) is 10.5 Å². The molecule has 0 aliphatic carbocycles. The molecule has 8 heteroatoms. The zero-order chi connectivity index (χ0) is 27.7. The van der Waals surface area contributed by atoms with Gasteiger partial charge in [-0.15, -0.1) is 11.8 Å². The van der Waals surface area contributed by atoms with E-state index in [1.165, 1.54) is 0 Å². The maximum atomic E-state index is 12.4. The molecule has 4 aromatic rings. The van der Waals surface area contributed by atoms with E-state index in [1.54, 1.807) is 18.0 Å². The van der Waals surface area contributed by atoms with Crippen molar-refractivity contribution in [2.75, 3.05) is 11.1 Å². The lowest BCUT2D eigenvalue weighted by Crippen LogP contribution is -2.38. The first-order valence-corrected chi connectivity index (χ1v) is 14.3. The Kier molecular flexibility index (Phi) is 9.46. The molecule has 1 fully saturated rings. The summed E-state index contributed by atoms with van der Waals surface area (Å²) in [5.74, 6) is 0.812. The number of aromatic nitrogens is 1. The minimum absolute atomic E-state index is 0.00109. The summed E-state index contributed by atoms with van der Waals surface area (Å²) < 4.78 is 13.0. The van der Waals surface area contributed by atoms with Crippen LogP contribution < -0.4 is 10.6 Å². The number of hydrogen-bond acceptors (Lipinski definition) is 6. The van der Waals surface area contributed by atoms with E-state index in [0.717, 1.165) is 33.0 Å². The lowest BCUT2D eigenvalue weighted by atomic mass is 9.91. The molecule has 4 unspecified atom stereocenters. The highest BCUT2D eigenvalue weighted by molar-refractivity contribution is 7.99. The molecule has 1 saturated heterocycles. The van der Waals surface area contributed by atoms with Crippen LogP contribution in [0.1, 0.15) is 41.6 Å². The van der Waals surface area contributed by atoms with Gasteiger partial charge >= 0.3 is 6.03 Å². The number of carbonyl (C=O) groups excluding carboxylic acids is 1. The molecule has 1 aromatic heterocycles. The van der Waals surface area contributed by atoms with Crippen molar-refractivity contribution in [3.05, 3.63) is 126 Å². The number of anilines is 1. The maximum absolute atomic E-state index is 12.4. The number of ether oxygens (including phenoxy) is 2. The Balaban J connectivity index is 1.27. The fraction of sp³-hybridized carbons (Fsp3) is 0.250. The number of thioether (sulfide) groups is 1. The second-order valence-electron chi connectivity index (χ2n) is 9.72. The van der Waals surface area contributed by atoms with E-state index >= 15 is 0 Å². The van der Waals surface area contributed by atoms with Crippen LogP contribution in [0.2, 0.25) is 0 Å². The van der Waals surface area contributed by atoms with Gasteiger partial charge in [-0.25, -0.2) is 9.78 Å². The van der Waals surface area contributed by atoms with Crippen molar-refractivity contribution in [2.45, 2.75) is 43.6 Å². The highest BCUT2D eigenvalue weighted by Gasteiger charge is 2.38. The summed E-state index contributed by atoms with van der Waals surface area (Å²) in [4.78, 5) is 16.8. The average molecular weight is 556 g/mol. The molecular formula is C32H33N3O4S. The molecule has 40 heavy (non-hydrogen) atoms. The molecule has 0 radical (unpaired) electrons. The largest absolute Gasteiger partial charge is 0.392 e. The number of nitrogens with one attached hydrogen (secondary N) is 2. The first-order valence-electron chi connectivity index (χ1n) is 13.3. The highest BCUT2D eigenvalue weighted by Crippen LogP contribution is 2.43. The number of aliphatic hydroxyl groups is 1. The SMILES string of the molecule is CC1C(CSc2ccccn2)OC(c2ccc(NC(=O)NCc3ccccc3)cc2)OC1c1ccc(CO)cc1. The van der Waals surface area contributed by atoms with Gasteiger partial charge in [-0.2, -0.15) is 0 Å². The van der Waals surface area contributed by atoms with Crippen molar-refractivity contribution in [1.82, 2.24) is 10.3 Å². The number of hydrogen-bond donors (Lipinski definition) is 3. The van der Waals surface area contributed by atoms with Crippen LogP contribution in [0.25, 0.3) is 0 Å². The second-order valence-corrected chi connectivity index (χ2v) is 10.8. The number of amides is 2. The fourth-order valence-corrected chi connectivity index (χ4v) is 5.61. The number of aliphatic hydroxyl groups excluding tert-OH is 1. The number of nitrogens with zero attached hydrogens (tertiary/aromatic N) is 1. The molecule has 2 amide bonds. The van der Waals surface area contributed by atoms with Crippen LogP contribution in [0.3, 0.4) is 0 Å². The summed E-state index contributed by atoms with van der Waals surface area (Å²) in [6.45, 7) is 2.60. The average Bonchev–Trinajstić information content (AvgIpc) is 3.01. The zero-order valence-electron chi connectivity index (χ0n) is 22.3. The minimum Gasteiger partial charge on any atom is -0.392 e. The minimum atomic E-state index is -0.575. The second kappa shape index (κ2) is 13.6. The summed E-state index contributed by atoms with van der Waals surface area (Å²) in [5, 5.41) is 16.2. The zero-order valence-corrected chi connectivity index (χ0v) is 23.1. The van der Waals surface area contributed by atoms with Gasteiger partial charge in [0.05, 0.1) is 23.8 Å². The quantitative estimate of drug-likeness (QED) is 0.205. The molecule has 2 heterocycles. The third kappa shape index (κ3) is 7.28. The molecular weight excluding hydrogens is 522 g/mol.